The van der Waals surface area contributed by atoms with E-state index in [0.29, 0.717) is 13.2 Å². The van der Waals surface area contributed by atoms with Gasteiger partial charge in [-0.05, 0) is 6.42 Å². The third-order valence-electron chi connectivity index (χ3n) is 4.47. The third kappa shape index (κ3) is 3.87. The van der Waals surface area contributed by atoms with Gasteiger partial charge in [0, 0.05) is 39.8 Å². The van der Waals surface area contributed by atoms with Crippen molar-refractivity contribution in [3.8, 4) is 0 Å². The molecule has 0 unspecified atom stereocenters. The van der Waals surface area contributed by atoms with Crippen molar-refractivity contribution in [2.24, 2.45) is 0 Å². The van der Waals surface area contributed by atoms with E-state index in [1.165, 1.54) is 24.4 Å². The first-order valence-electron chi connectivity index (χ1n) is 8.39. The van der Waals surface area contributed by atoms with Gasteiger partial charge in [-0.25, -0.2) is 4.39 Å². The molecule has 0 bridgehead atoms. The van der Waals surface area contributed by atoms with Crippen LogP contribution in [0.5, 0.6) is 0 Å². The van der Waals surface area contributed by atoms with Gasteiger partial charge >= 0.3 is 0 Å². The molecule has 146 valence electrons. The molecule has 0 N–H and O–H groups in total. The quantitative estimate of drug-likeness (QED) is 0.637. The molecule has 0 radical (unpaired) electrons. The zero-order chi connectivity index (χ0) is 18.9. The lowest BCUT2D eigenvalue weighted by Crippen LogP contribution is -2.50. The van der Waals surface area contributed by atoms with Crippen molar-refractivity contribution in [3.05, 3.63) is 11.9 Å². The summed E-state index contributed by atoms with van der Waals surface area (Å²) in [6.07, 6.45) is 0.301. The number of alkyl halides is 1. The highest BCUT2D eigenvalue weighted by molar-refractivity contribution is 7.86. The zero-order valence-corrected chi connectivity index (χ0v) is 15.6. The summed E-state index contributed by atoms with van der Waals surface area (Å²) in [6, 6.07) is -0.582. The first-order chi connectivity index (χ1) is 12.3. The van der Waals surface area contributed by atoms with Crippen molar-refractivity contribution in [3.63, 3.8) is 0 Å². The number of morpholine rings is 1. The molecule has 2 aliphatic heterocycles. The monoisotopic (exact) mass is 390 g/mol. The Kier molecular flexibility index (Phi) is 5.55. The zero-order valence-electron chi connectivity index (χ0n) is 14.8. The molecule has 26 heavy (non-hydrogen) atoms. The molecule has 1 aromatic heterocycles. The number of aromatic nitrogens is 3. The fraction of sp³-hybridized carbons (Fsp3) is 0.786. The van der Waals surface area contributed by atoms with E-state index in [-0.39, 0.29) is 44.2 Å². The van der Waals surface area contributed by atoms with Crippen LogP contribution in [0.3, 0.4) is 0 Å². The van der Waals surface area contributed by atoms with E-state index in [1.807, 2.05) is 0 Å². The Morgan fingerprint density at radius 1 is 1.38 bits per heavy atom. The average molecular weight is 390 g/mol. The molecule has 2 atom stereocenters. The van der Waals surface area contributed by atoms with Gasteiger partial charge in [-0.1, -0.05) is 5.21 Å². The molecule has 0 spiro atoms. The molecule has 1 aromatic rings. The van der Waals surface area contributed by atoms with Gasteiger partial charge in [-0.2, -0.15) is 17.0 Å². The molecule has 10 nitrogen and oxygen atoms in total. The van der Waals surface area contributed by atoms with Gasteiger partial charge in [0.05, 0.1) is 26.0 Å². The summed E-state index contributed by atoms with van der Waals surface area (Å²) in [5.41, 5.74) is 0.160. The number of nitrogens with zero attached hydrogens (tertiary/aromatic N) is 6. The van der Waals surface area contributed by atoms with Crippen molar-refractivity contribution in [1.29, 1.82) is 0 Å². The van der Waals surface area contributed by atoms with Crippen molar-refractivity contribution in [2.45, 2.75) is 25.2 Å². The Balaban J connectivity index is 1.75. The van der Waals surface area contributed by atoms with Gasteiger partial charge < -0.3 is 9.64 Å². The van der Waals surface area contributed by atoms with Gasteiger partial charge in [0.15, 0.2) is 5.69 Å². The van der Waals surface area contributed by atoms with E-state index < -0.39 is 22.4 Å². The molecule has 2 saturated heterocycles. The van der Waals surface area contributed by atoms with E-state index in [2.05, 4.69) is 10.3 Å². The summed E-state index contributed by atoms with van der Waals surface area (Å²) < 4.78 is 48.8. The molecule has 3 heterocycles. The minimum Gasteiger partial charge on any atom is -0.379 e. The van der Waals surface area contributed by atoms with Crippen molar-refractivity contribution >= 4 is 16.1 Å². The number of hydrogen-bond acceptors (Lipinski definition) is 6. The van der Waals surface area contributed by atoms with Crippen LogP contribution in [0, 0.1) is 0 Å². The lowest BCUT2D eigenvalue weighted by Gasteiger charge is -2.32. The summed E-state index contributed by atoms with van der Waals surface area (Å²) in [4.78, 5) is 13.3. The third-order valence-corrected chi connectivity index (χ3v) is 6.53. The molecular formula is C14H23FN6O4S. The molecule has 1 amide bonds. The number of hydrogen-bond donors (Lipinski definition) is 0. The van der Waals surface area contributed by atoms with Gasteiger partial charge in [-0.3, -0.25) is 9.48 Å². The maximum Gasteiger partial charge on any atom is 0.282 e. The topological polar surface area (TPSA) is 101 Å². The summed E-state index contributed by atoms with van der Waals surface area (Å²) in [6.45, 7) is 1.13. The fourth-order valence-corrected chi connectivity index (χ4v) is 4.92. The average Bonchev–Trinajstić information content (AvgIpc) is 3.22. The van der Waals surface area contributed by atoms with E-state index >= 15 is 0 Å². The van der Waals surface area contributed by atoms with Crippen LogP contribution in [0.25, 0.3) is 0 Å². The van der Waals surface area contributed by atoms with Gasteiger partial charge in [-0.15, -0.1) is 5.10 Å². The summed E-state index contributed by atoms with van der Waals surface area (Å²) >= 11 is 0. The van der Waals surface area contributed by atoms with Crippen LogP contribution in [-0.4, -0.2) is 102 Å². The fourth-order valence-electron chi connectivity index (χ4n) is 3.14. The maximum atomic E-state index is 14.0. The predicted molar refractivity (Wildman–Crippen MR) is 89.4 cm³/mol. The van der Waals surface area contributed by atoms with Crippen LogP contribution in [0.15, 0.2) is 6.20 Å². The Morgan fingerprint density at radius 3 is 2.73 bits per heavy atom. The van der Waals surface area contributed by atoms with E-state index in [1.54, 1.807) is 14.1 Å². The first-order valence-corrected chi connectivity index (χ1v) is 9.79. The molecule has 12 heteroatoms. The van der Waals surface area contributed by atoms with Crippen LogP contribution < -0.4 is 0 Å². The van der Waals surface area contributed by atoms with Crippen molar-refractivity contribution < 1.29 is 22.3 Å². The lowest BCUT2D eigenvalue weighted by molar-refractivity contribution is 0.0696. The number of rotatable bonds is 5. The van der Waals surface area contributed by atoms with Crippen LogP contribution in [-0.2, 0) is 21.5 Å². The standard InChI is InChI=1S/C14H23FN6O4S/c1-18(2)14(22)13-10-19(17-16-13)9-12-7-11(15)8-21(12)26(23,24)20-3-5-25-6-4-20/h10-12H,3-9H2,1-2H3/t11-,12-/m0/s1. The number of carbonyl (C=O) groups excluding carboxylic acids is 1. The Labute approximate surface area is 151 Å². The van der Waals surface area contributed by atoms with Crippen molar-refractivity contribution in [2.75, 3.05) is 46.9 Å². The highest BCUT2D eigenvalue weighted by Gasteiger charge is 2.43. The highest BCUT2D eigenvalue weighted by Crippen LogP contribution is 2.27. The van der Waals surface area contributed by atoms with Gasteiger partial charge in [0.1, 0.15) is 6.17 Å². The Morgan fingerprint density at radius 2 is 2.08 bits per heavy atom. The van der Waals surface area contributed by atoms with Crippen LogP contribution >= 0.6 is 0 Å². The molecule has 2 fully saturated rings. The van der Waals surface area contributed by atoms with Crippen LogP contribution in [0.2, 0.25) is 0 Å². The first kappa shape index (κ1) is 19.1. The van der Waals surface area contributed by atoms with E-state index in [4.69, 9.17) is 4.74 Å². The van der Waals surface area contributed by atoms with E-state index in [0.717, 1.165) is 0 Å². The molecule has 0 aliphatic carbocycles. The number of halogens is 1. The van der Waals surface area contributed by atoms with Crippen LogP contribution in [0.1, 0.15) is 16.9 Å². The number of amides is 1. The molecule has 0 saturated carbocycles. The van der Waals surface area contributed by atoms with Gasteiger partial charge in [0.2, 0.25) is 0 Å². The predicted octanol–water partition coefficient (Wildman–Crippen LogP) is -1.03. The molecular weight excluding hydrogens is 367 g/mol. The molecule has 0 aromatic carbocycles. The molecule has 3 rings (SSSR count). The smallest absolute Gasteiger partial charge is 0.282 e. The maximum absolute atomic E-state index is 14.0. The summed E-state index contributed by atoms with van der Waals surface area (Å²) in [5, 5.41) is 7.69. The van der Waals surface area contributed by atoms with E-state index in [9.17, 15) is 17.6 Å². The lowest BCUT2D eigenvalue weighted by atomic mass is 10.2. The largest absolute Gasteiger partial charge is 0.379 e. The molecule has 2 aliphatic rings. The summed E-state index contributed by atoms with van der Waals surface area (Å²) in [5.74, 6) is -0.302. The summed E-state index contributed by atoms with van der Waals surface area (Å²) in [7, 11) is -0.577. The van der Waals surface area contributed by atoms with Crippen molar-refractivity contribution in [1.82, 2.24) is 28.5 Å². The van der Waals surface area contributed by atoms with Gasteiger partial charge in [0.25, 0.3) is 16.1 Å². The van der Waals surface area contributed by atoms with Crippen LogP contribution in [0.4, 0.5) is 4.39 Å². The SMILES string of the molecule is CN(C)C(=O)c1cn(C[C@@H]2C[C@H](F)CN2S(=O)(=O)N2CCOCC2)nn1. The highest BCUT2D eigenvalue weighted by atomic mass is 32.2. The Hall–Kier alpha value is -1.63. The number of carbonyl (C=O) groups is 1. The normalized spacial score (nSPS) is 25.5. The second-order valence-corrected chi connectivity index (χ2v) is 8.48. The minimum absolute atomic E-state index is 0.0837. The Bertz CT molecular complexity index is 748. The minimum atomic E-state index is -3.78. The second kappa shape index (κ2) is 7.55. The number of ether oxygens (including phenoxy) is 1. The second-order valence-electron chi connectivity index (χ2n) is 6.60.